The minimum absolute atomic E-state index is 0.00474. The zero-order valence-corrected chi connectivity index (χ0v) is 16.1. The van der Waals surface area contributed by atoms with E-state index in [4.69, 9.17) is 14.5 Å². The number of ether oxygens (including phenoxy) is 2. The number of carbonyl (C=O) groups excluding carboxylic acids is 1. The number of carbonyl (C=O) groups is 1. The molecule has 1 aromatic rings. The number of guanidine groups is 1. The first kappa shape index (κ1) is 20.2. The summed E-state index contributed by atoms with van der Waals surface area (Å²) >= 11 is 0. The monoisotopic (exact) mass is 361 g/mol. The Hall–Kier alpha value is -2.08. The largest absolute Gasteiger partial charge is 0.466 e. The Balaban J connectivity index is 1.97. The van der Waals surface area contributed by atoms with Gasteiger partial charge >= 0.3 is 5.97 Å². The second-order valence-electron chi connectivity index (χ2n) is 6.34. The lowest BCUT2D eigenvalue weighted by atomic mass is 9.97. The Kier molecular flexibility index (Phi) is 8.41. The van der Waals surface area contributed by atoms with Crippen molar-refractivity contribution in [1.82, 2.24) is 10.2 Å². The van der Waals surface area contributed by atoms with Crippen LogP contribution in [0.3, 0.4) is 0 Å². The first-order valence-corrected chi connectivity index (χ1v) is 9.47. The van der Waals surface area contributed by atoms with Crippen LogP contribution in [0.1, 0.15) is 38.4 Å². The number of hydrogen-bond donors (Lipinski definition) is 1. The van der Waals surface area contributed by atoms with E-state index in [2.05, 4.69) is 29.3 Å². The lowest BCUT2D eigenvalue weighted by Crippen LogP contribution is -2.47. The van der Waals surface area contributed by atoms with E-state index < -0.39 is 0 Å². The quantitative estimate of drug-likeness (QED) is 0.459. The van der Waals surface area contributed by atoms with Gasteiger partial charge in [-0.1, -0.05) is 30.3 Å². The molecule has 1 aromatic carbocycles. The Morgan fingerprint density at radius 3 is 2.54 bits per heavy atom. The van der Waals surface area contributed by atoms with Gasteiger partial charge in [-0.25, -0.2) is 0 Å². The summed E-state index contributed by atoms with van der Waals surface area (Å²) in [6.07, 6.45) is 1.53. The molecule has 1 saturated heterocycles. The maximum absolute atomic E-state index is 11.9. The number of aliphatic imine (C=N–C) groups is 1. The highest BCUT2D eigenvalue weighted by molar-refractivity contribution is 5.80. The number of nitrogens with one attached hydrogen (secondary N) is 1. The average Bonchev–Trinajstić information content (AvgIpc) is 2.69. The SMILES string of the molecule is CCNC(=NCC(OC)c1ccccc1)N1CCC(C(=O)OCC)CC1. The number of methoxy groups -OCH3 is 1. The second kappa shape index (κ2) is 10.8. The molecular formula is C20H31N3O3. The van der Waals surface area contributed by atoms with Gasteiger partial charge in [0.05, 0.1) is 19.1 Å². The summed E-state index contributed by atoms with van der Waals surface area (Å²) in [6.45, 7) is 7.33. The van der Waals surface area contributed by atoms with Crippen molar-refractivity contribution in [2.75, 3.05) is 39.9 Å². The Morgan fingerprint density at radius 2 is 1.96 bits per heavy atom. The fraction of sp³-hybridized carbons (Fsp3) is 0.600. The summed E-state index contributed by atoms with van der Waals surface area (Å²) in [7, 11) is 1.71. The Bertz CT molecular complexity index is 569. The smallest absolute Gasteiger partial charge is 0.309 e. The van der Waals surface area contributed by atoms with Crippen molar-refractivity contribution in [1.29, 1.82) is 0 Å². The normalized spacial score (nSPS) is 17.0. The third-order valence-corrected chi connectivity index (χ3v) is 4.61. The fourth-order valence-electron chi connectivity index (χ4n) is 3.17. The van der Waals surface area contributed by atoms with Gasteiger partial charge in [-0.15, -0.1) is 0 Å². The van der Waals surface area contributed by atoms with E-state index in [0.717, 1.165) is 44.0 Å². The molecule has 1 heterocycles. The highest BCUT2D eigenvalue weighted by atomic mass is 16.5. The Morgan fingerprint density at radius 1 is 1.27 bits per heavy atom. The number of nitrogens with zero attached hydrogens (tertiary/aromatic N) is 2. The van der Waals surface area contributed by atoms with Crippen molar-refractivity contribution in [3.63, 3.8) is 0 Å². The van der Waals surface area contributed by atoms with Crippen molar-refractivity contribution in [3.8, 4) is 0 Å². The molecule has 1 aliphatic rings. The van der Waals surface area contributed by atoms with Crippen LogP contribution >= 0.6 is 0 Å². The molecule has 0 bridgehead atoms. The van der Waals surface area contributed by atoms with E-state index in [1.165, 1.54) is 0 Å². The van der Waals surface area contributed by atoms with Gasteiger partial charge in [-0.2, -0.15) is 0 Å². The van der Waals surface area contributed by atoms with Crippen molar-refractivity contribution >= 4 is 11.9 Å². The third kappa shape index (κ3) is 5.73. The molecule has 2 rings (SSSR count). The third-order valence-electron chi connectivity index (χ3n) is 4.61. The molecule has 6 heteroatoms. The van der Waals surface area contributed by atoms with Crippen LogP contribution < -0.4 is 5.32 Å². The molecule has 0 aliphatic carbocycles. The first-order valence-electron chi connectivity index (χ1n) is 9.47. The van der Waals surface area contributed by atoms with Crippen LogP contribution in [0.5, 0.6) is 0 Å². The number of piperidine rings is 1. The van der Waals surface area contributed by atoms with E-state index in [9.17, 15) is 4.79 Å². The molecule has 0 aromatic heterocycles. The topological polar surface area (TPSA) is 63.2 Å². The van der Waals surface area contributed by atoms with Crippen LogP contribution in [0.15, 0.2) is 35.3 Å². The summed E-state index contributed by atoms with van der Waals surface area (Å²) in [5, 5.41) is 3.36. The predicted octanol–water partition coefficient (Wildman–Crippen LogP) is 2.61. The van der Waals surface area contributed by atoms with Crippen LogP contribution in [0.2, 0.25) is 0 Å². The van der Waals surface area contributed by atoms with E-state index in [1.807, 2.05) is 25.1 Å². The van der Waals surface area contributed by atoms with E-state index in [1.54, 1.807) is 7.11 Å². The van der Waals surface area contributed by atoms with Crippen LogP contribution in [0, 0.1) is 5.92 Å². The molecule has 1 unspecified atom stereocenters. The van der Waals surface area contributed by atoms with Crippen molar-refractivity contribution in [2.24, 2.45) is 10.9 Å². The molecule has 1 N–H and O–H groups in total. The van der Waals surface area contributed by atoms with Gasteiger partial charge < -0.3 is 19.7 Å². The molecule has 26 heavy (non-hydrogen) atoms. The average molecular weight is 361 g/mol. The number of rotatable bonds is 7. The Labute approximate surface area is 156 Å². The lowest BCUT2D eigenvalue weighted by Gasteiger charge is -2.33. The van der Waals surface area contributed by atoms with Gasteiger partial charge in [0.25, 0.3) is 0 Å². The predicted molar refractivity (Wildman–Crippen MR) is 103 cm³/mol. The van der Waals surface area contributed by atoms with Gasteiger partial charge in [-0.05, 0) is 32.3 Å². The maximum atomic E-state index is 11.9. The molecule has 0 amide bonds. The van der Waals surface area contributed by atoms with Gasteiger partial charge in [0.15, 0.2) is 5.96 Å². The minimum atomic E-state index is -0.0717. The van der Waals surface area contributed by atoms with Crippen molar-refractivity contribution in [3.05, 3.63) is 35.9 Å². The second-order valence-corrected chi connectivity index (χ2v) is 6.34. The van der Waals surface area contributed by atoms with Gasteiger partial charge in [0.2, 0.25) is 0 Å². The summed E-state index contributed by atoms with van der Waals surface area (Å²) in [4.78, 5) is 18.9. The van der Waals surface area contributed by atoms with Gasteiger partial charge in [-0.3, -0.25) is 9.79 Å². The van der Waals surface area contributed by atoms with Crippen LogP contribution in [0.4, 0.5) is 0 Å². The molecule has 144 valence electrons. The van der Waals surface area contributed by atoms with E-state index >= 15 is 0 Å². The molecule has 0 saturated carbocycles. The molecular weight excluding hydrogens is 330 g/mol. The molecule has 1 atom stereocenters. The van der Waals surface area contributed by atoms with Crippen LogP contribution in [-0.2, 0) is 14.3 Å². The minimum Gasteiger partial charge on any atom is -0.466 e. The molecule has 1 fully saturated rings. The maximum Gasteiger partial charge on any atom is 0.309 e. The number of esters is 1. The van der Waals surface area contributed by atoms with Crippen LogP contribution in [-0.4, -0.2) is 56.7 Å². The van der Waals surface area contributed by atoms with Gasteiger partial charge in [0, 0.05) is 26.7 Å². The first-order chi connectivity index (χ1) is 12.7. The number of likely N-dealkylation sites (tertiary alicyclic amines) is 1. The van der Waals surface area contributed by atoms with E-state index in [-0.39, 0.29) is 18.0 Å². The zero-order chi connectivity index (χ0) is 18.8. The molecule has 6 nitrogen and oxygen atoms in total. The number of hydrogen-bond acceptors (Lipinski definition) is 4. The summed E-state index contributed by atoms with van der Waals surface area (Å²) < 4.78 is 10.8. The summed E-state index contributed by atoms with van der Waals surface area (Å²) in [5.74, 6) is 0.815. The molecule has 0 radical (unpaired) electrons. The summed E-state index contributed by atoms with van der Waals surface area (Å²) in [6, 6.07) is 10.1. The molecule has 0 spiro atoms. The fourth-order valence-corrected chi connectivity index (χ4v) is 3.17. The summed E-state index contributed by atoms with van der Waals surface area (Å²) in [5.41, 5.74) is 1.12. The van der Waals surface area contributed by atoms with E-state index in [0.29, 0.717) is 13.2 Å². The lowest BCUT2D eigenvalue weighted by molar-refractivity contribution is -0.149. The van der Waals surface area contributed by atoms with Gasteiger partial charge in [0.1, 0.15) is 6.10 Å². The molecule has 1 aliphatic heterocycles. The van der Waals surface area contributed by atoms with Crippen molar-refractivity contribution in [2.45, 2.75) is 32.8 Å². The number of benzene rings is 1. The van der Waals surface area contributed by atoms with Crippen molar-refractivity contribution < 1.29 is 14.3 Å². The highest BCUT2D eigenvalue weighted by Gasteiger charge is 2.27. The zero-order valence-electron chi connectivity index (χ0n) is 16.1. The standard InChI is InChI=1S/C20H31N3O3/c1-4-21-20(22-15-18(25-3)16-9-7-6-8-10-16)23-13-11-17(12-14-23)19(24)26-5-2/h6-10,17-18H,4-5,11-15H2,1-3H3,(H,21,22). The van der Waals surface area contributed by atoms with Crippen LogP contribution in [0.25, 0.3) is 0 Å². The highest BCUT2D eigenvalue weighted by Crippen LogP contribution is 2.20.